The Hall–Kier alpha value is -9.99. The Balaban J connectivity index is 0.000000207. The number of carbonyl (C=O) groups excluding carboxylic acids is 3. The van der Waals surface area contributed by atoms with Gasteiger partial charge in [-0.2, -0.15) is 0 Å². The van der Waals surface area contributed by atoms with Gasteiger partial charge in [-0.25, -0.2) is 0 Å². The summed E-state index contributed by atoms with van der Waals surface area (Å²) in [6.07, 6.45) is 10.0. The third-order valence-corrected chi connectivity index (χ3v) is 21.2. The summed E-state index contributed by atoms with van der Waals surface area (Å²) in [7, 11) is 0. The molecule has 639 valence electrons. The molecule has 0 bridgehead atoms. The largest absolute Gasteiger partial charge is 0.511 e. The molecule has 0 saturated heterocycles. The van der Waals surface area contributed by atoms with Crippen molar-refractivity contribution in [2.45, 2.75) is 177 Å². The fraction of sp³-hybridized carbons (Fsp3) is 0.291. The van der Waals surface area contributed by atoms with Crippen LogP contribution < -0.4 is 0 Å². The standard InChI is InChI=1S/2C27H22N.C23H14N.3C11H20O2.3Ir/c1-27(2,3)20-11-9-18-10-12-21-22(25(18)17-20)13-14-24-23(21)15-16-28-26(24)19-7-5-4-6-8-19;1-27(2,3)20-10-12-21-19(17-20)9-11-23-22(21)13-14-25-24(23)15-16-28-26(25)18-7-5-4-6-8-18;1-2-7-17(8-3-1)23-22-13-12-19-18-9-5-4-6-16(18)10-11-20(19)21(22)14-15-24-23;3*1-10(2,3)8(12)7-9(13)11(4,5)6;;;/h2*4-7,9-17H,1-3H3;1-7,9-15H;3*7,12H,1-6H3;;;/q3*-1;;;;;;/p+3. The van der Waals surface area contributed by atoms with Gasteiger partial charge in [-0.05, 0) is 217 Å². The molecule has 3 radical (unpaired) electrons. The third-order valence-electron chi connectivity index (χ3n) is 21.2. The number of aliphatic hydroxyl groups excluding tert-OH is 3. The van der Waals surface area contributed by atoms with Gasteiger partial charge in [-0.3, -0.25) is 14.4 Å². The van der Waals surface area contributed by atoms with Crippen molar-refractivity contribution < 1.29 is 90.0 Å². The molecule has 0 saturated carbocycles. The van der Waals surface area contributed by atoms with Gasteiger partial charge >= 0.3 is 17.3 Å². The predicted octanol–water partition coefficient (Wildman–Crippen LogP) is 29.8. The SMILES string of the molecule is CC(C)(C)C(=[OH+])C=C(O)C(C)(C)C.CC(C)(C)C(=[OH+])C=C(O)C(C)(C)C.CC(C)(C)C(=[OH+])C=C(O)C(C)(C)C.CC(C)(C)c1ccc2c(ccc3c4ccnc(-c5[c-]cccc5)c4ccc23)c1.CC(C)(C)c1ccc2ccc3c4ccnc(-c5[c-]cccc5)c4ccc3c2c1.[Ir].[Ir].[Ir].[c-]1ccccc1-c1nccc2c1ccc1c3ccccc3ccc21. The number of aliphatic hydroxyl groups is 3. The molecule has 0 aliphatic rings. The average Bonchev–Trinajstić information content (AvgIpc) is 0.760. The van der Waals surface area contributed by atoms with Crippen LogP contribution in [0.2, 0.25) is 0 Å². The molecule has 0 fully saturated rings. The maximum Gasteiger partial charge on any atom is 0.325 e. The van der Waals surface area contributed by atoms with E-state index >= 15 is 0 Å². The molecular formula is C110H121Ir3N3O6. The van der Waals surface area contributed by atoms with Crippen molar-refractivity contribution in [3.8, 4) is 33.8 Å². The van der Waals surface area contributed by atoms with Crippen LogP contribution in [0.4, 0.5) is 0 Å². The van der Waals surface area contributed by atoms with E-state index in [-0.39, 0.29) is 138 Å². The zero-order valence-electron chi connectivity index (χ0n) is 75.4. The predicted molar refractivity (Wildman–Crippen MR) is 510 cm³/mol. The maximum absolute atomic E-state index is 9.60. The minimum Gasteiger partial charge on any atom is -0.511 e. The maximum atomic E-state index is 9.60. The molecule has 12 heteroatoms. The Morgan fingerprint density at radius 3 is 0.820 bits per heavy atom. The number of benzene rings is 12. The Morgan fingerprint density at radius 1 is 0.254 bits per heavy atom. The Morgan fingerprint density at radius 2 is 0.500 bits per heavy atom. The van der Waals surface area contributed by atoms with E-state index in [2.05, 4.69) is 245 Å². The fourth-order valence-electron chi connectivity index (χ4n) is 13.3. The molecule has 15 rings (SSSR count). The summed E-state index contributed by atoms with van der Waals surface area (Å²) in [5.74, 6) is 1.25. The summed E-state index contributed by atoms with van der Waals surface area (Å²) < 4.78 is 0. The van der Waals surface area contributed by atoms with E-state index < -0.39 is 0 Å². The molecule has 122 heavy (non-hydrogen) atoms. The van der Waals surface area contributed by atoms with Crippen molar-refractivity contribution in [3.05, 3.63) is 308 Å². The number of hydrogen-bond donors (Lipinski definition) is 3. The van der Waals surface area contributed by atoms with Gasteiger partial charge in [0, 0.05) is 95.2 Å². The smallest absolute Gasteiger partial charge is 0.325 e. The molecule has 9 nitrogen and oxygen atoms in total. The van der Waals surface area contributed by atoms with Crippen LogP contribution in [0.1, 0.15) is 177 Å². The van der Waals surface area contributed by atoms with Gasteiger partial charge in [0.15, 0.2) is 0 Å². The van der Waals surface area contributed by atoms with E-state index in [0.29, 0.717) is 0 Å². The second-order valence-electron chi connectivity index (χ2n) is 39.1. The number of aromatic nitrogens is 3. The summed E-state index contributed by atoms with van der Waals surface area (Å²) in [6.45, 7) is 47.7. The number of allylic oxidation sites excluding steroid dienone is 6. The number of pyridine rings is 3. The summed E-state index contributed by atoms with van der Waals surface area (Å²) in [5, 5.41) is 51.5. The first-order valence-corrected chi connectivity index (χ1v) is 41.1. The number of nitrogens with zero attached hydrogens (tertiary/aromatic N) is 3. The van der Waals surface area contributed by atoms with Crippen LogP contribution in [0.5, 0.6) is 0 Å². The van der Waals surface area contributed by atoms with Crippen LogP contribution in [0, 0.1) is 50.7 Å². The first-order valence-electron chi connectivity index (χ1n) is 41.1. The topological polar surface area (TPSA) is 164 Å². The van der Waals surface area contributed by atoms with Crippen molar-refractivity contribution in [2.75, 3.05) is 0 Å². The van der Waals surface area contributed by atoms with Gasteiger partial charge < -0.3 is 30.3 Å². The average molecular weight is 2160 g/mol. The Kier molecular flexibility index (Phi) is 32.6. The second kappa shape index (κ2) is 40.1. The minimum absolute atomic E-state index is 0. The van der Waals surface area contributed by atoms with Gasteiger partial charge in [0.2, 0.25) is 0 Å². The number of fused-ring (bicyclic) bond motifs is 15. The van der Waals surface area contributed by atoms with E-state index in [4.69, 9.17) is 0 Å². The van der Waals surface area contributed by atoms with Crippen LogP contribution in [-0.2, 0) is 71.1 Å². The Bertz CT molecular complexity index is 6210. The van der Waals surface area contributed by atoms with Crippen LogP contribution in [0.3, 0.4) is 0 Å². The normalized spacial score (nSPS) is 12.4. The van der Waals surface area contributed by atoms with Crippen molar-refractivity contribution in [1.29, 1.82) is 0 Å². The zero-order chi connectivity index (χ0) is 87.1. The zero-order valence-corrected chi connectivity index (χ0v) is 82.5. The molecular weight excluding hydrogens is 2040 g/mol. The van der Waals surface area contributed by atoms with Gasteiger partial charge in [-0.15, -0.1) is 108 Å². The van der Waals surface area contributed by atoms with Gasteiger partial charge in [-0.1, -0.05) is 237 Å². The Labute approximate surface area is 764 Å². The van der Waals surface area contributed by atoms with Gasteiger partial charge in [0.1, 0.15) is 17.3 Å². The molecule has 3 aromatic heterocycles. The van der Waals surface area contributed by atoms with Crippen LogP contribution in [-0.4, -0.2) is 62.0 Å². The van der Waals surface area contributed by atoms with E-state index in [9.17, 15) is 29.7 Å². The van der Waals surface area contributed by atoms with Crippen molar-refractivity contribution in [2.24, 2.45) is 32.5 Å². The van der Waals surface area contributed by atoms with E-state index in [0.717, 1.165) is 33.8 Å². The molecule has 0 atom stereocenters. The number of rotatable bonds is 6. The molecule has 6 N–H and O–H groups in total. The van der Waals surface area contributed by atoms with Gasteiger partial charge in [0.25, 0.3) is 0 Å². The monoisotopic (exact) mass is 2160 g/mol. The molecule has 0 spiro atoms. The molecule has 0 amide bonds. The first-order chi connectivity index (χ1) is 55.6. The van der Waals surface area contributed by atoms with E-state index in [1.165, 1.54) is 126 Å². The molecule has 0 aliphatic carbocycles. The summed E-state index contributed by atoms with van der Waals surface area (Å²) >= 11 is 0. The quantitative estimate of drug-likeness (QED) is 0.0493. The molecule has 12 aromatic carbocycles. The van der Waals surface area contributed by atoms with Crippen molar-refractivity contribution in [3.63, 3.8) is 0 Å². The van der Waals surface area contributed by atoms with Gasteiger partial charge in [0.05, 0.1) is 34.5 Å². The van der Waals surface area contributed by atoms with Crippen LogP contribution in [0.25, 0.3) is 131 Å². The number of ketones is 3. The summed E-state index contributed by atoms with van der Waals surface area (Å²) in [4.78, 5) is 42.7. The molecule has 0 unspecified atom stereocenters. The minimum atomic E-state index is -0.306. The van der Waals surface area contributed by atoms with Crippen molar-refractivity contribution >= 4 is 114 Å². The van der Waals surface area contributed by atoms with Crippen LogP contribution >= 0.6 is 0 Å². The molecule has 0 aliphatic heterocycles. The van der Waals surface area contributed by atoms with E-state index in [1.807, 2.05) is 198 Å². The second-order valence-corrected chi connectivity index (χ2v) is 39.1. The molecule has 15 aromatic rings. The summed E-state index contributed by atoms with van der Waals surface area (Å²) in [5.41, 5.74) is 7.24. The fourth-order valence-corrected chi connectivity index (χ4v) is 13.3. The van der Waals surface area contributed by atoms with Crippen molar-refractivity contribution in [1.82, 2.24) is 15.0 Å². The summed E-state index contributed by atoms with van der Waals surface area (Å²) in [6, 6.07) is 89.4. The molecule has 3 heterocycles. The number of hydrogen-bond acceptors (Lipinski definition) is 6. The first kappa shape index (κ1) is 99.1. The van der Waals surface area contributed by atoms with E-state index in [1.54, 1.807) is 0 Å². The van der Waals surface area contributed by atoms with Crippen LogP contribution in [0.15, 0.2) is 279 Å². The third kappa shape index (κ3) is 24.5.